The van der Waals surface area contributed by atoms with Crippen LogP contribution >= 0.6 is 12.4 Å². The molecule has 2 amide bonds. The first-order valence-electron chi connectivity index (χ1n) is 14.5. The SMILES string of the molecule is CN1CCN(CCC(C(N)=O)n2nc(-c3cccc(=O)n3CC(=O)Nc3cccc(C(F)(F)F)c3)cc2-c2ccccc2)CC1.Cl. The predicted molar refractivity (Wildman–Crippen MR) is 171 cm³/mol. The van der Waals surface area contributed by atoms with E-state index in [2.05, 4.69) is 22.2 Å². The molecule has 46 heavy (non-hydrogen) atoms. The molecule has 1 aliphatic rings. The third kappa shape index (κ3) is 8.22. The minimum atomic E-state index is -4.58. The largest absolute Gasteiger partial charge is 0.416 e. The summed E-state index contributed by atoms with van der Waals surface area (Å²) in [7, 11) is 2.07. The summed E-state index contributed by atoms with van der Waals surface area (Å²) in [6, 6.07) is 18.9. The Morgan fingerprint density at radius 3 is 2.30 bits per heavy atom. The summed E-state index contributed by atoms with van der Waals surface area (Å²) in [5, 5.41) is 7.20. The van der Waals surface area contributed by atoms with Gasteiger partial charge in [0, 0.05) is 44.5 Å². The van der Waals surface area contributed by atoms with Gasteiger partial charge in [0.2, 0.25) is 11.8 Å². The number of hydrogen-bond acceptors (Lipinski definition) is 6. The number of halogens is 4. The second-order valence-electron chi connectivity index (χ2n) is 11.0. The van der Waals surface area contributed by atoms with Gasteiger partial charge in [-0.2, -0.15) is 18.3 Å². The molecule has 2 aromatic carbocycles. The Kier molecular flexibility index (Phi) is 11.0. The Labute approximate surface area is 270 Å². The number of hydrogen-bond donors (Lipinski definition) is 2. The molecule has 3 N–H and O–H groups in total. The minimum Gasteiger partial charge on any atom is -0.368 e. The van der Waals surface area contributed by atoms with E-state index in [9.17, 15) is 27.6 Å². The Hall–Kier alpha value is -4.46. The highest BCUT2D eigenvalue weighted by Crippen LogP contribution is 2.31. The summed E-state index contributed by atoms with van der Waals surface area (Å²) < 4.78 is 42.3. The number of pyridine rings is 1. The zero-order valence-corrected chi connectivity index (χ0v) is 25.9. The molecule has 244 valence electrons. The quantitative estimate of drug-likeness (QED) is 0.265. The molecular weight excluding hydrogens is 623 g/mol. The van der Waals surface area contributed by atoms with E-state index >= 15 is 0 Å². The molecule has 3 heterocycles. The summed E-state index contributed by atoms with van der Waals surface area (Å²) in [5.74, 6) is -1.25. The molecule has 2 aromatic heterocycles. The number of nitrogens with one attached hydrogen (secondary N) is 1. The van der Waals surface area contributed by atoms with Crippen molar-refractivity contribution in [1.82, 2.24) is 24.1 Å². The van der Waals surface area contributed by atoms with Crippen molar-refractivity contribution in [3.8, 4) is 22.6 Å². The van der Waals surface area contributed by atoms with Gasteiger partial charge in [-0.15, -0.1) is 12.4 Å². The van der Waals surface area contributed by atoms with Crippen LogP contribution in [-0.4, -0.2) is 75.7 Å². The van der Waals surface area contributed by atoms with Crippen molar-refractivity contribution in [3.63, 3.8) is 0 Å². The van der Waals surface area contributed by atoms with E-state index in [-0.39, 0.29) is 18.1 Å². The Morgan fingerprint density at radius 2 is 1.63 bits per heavy atom. The Morgan fingerprint density at radius 1 is 0.935 bits per heavy atom. The number of benzene rings is 2. The van der Waals surface area contributed by atoms with Crippen LogP contribution in [0, 0.1) is 0 Å². The molecule has 1 unspecified atom stereocenters. The van der Waals surface area contributed by atoms with Crippen molar-refractivity contribution in [2.45, 2.75) is 25.2 Å². The molecule has 0 saturated carbocycles. The monoisotopic (exact) mass is 657 g/mol. The number of nitrogens with two attached hydrogens (primary N) is 1. The van der Waals surface area contributed by atoms with Gasteiger partial charge in [0.15, 0.2) is 0 Å². The normalized spacial score (nSPS) is 14.8. The highest BCUT2D eigenvalue weighted by Gasteiger charge is 2.31. The van der Waals surface area contributed by atoms with Gasteiger partial charge in [0.05, 0.1) is 17.0 Å². The standard InChI is InChI=1S/C32H34F3N7O3.ClH/c1-39-15-17-40(18-16-39)14-13-27(31(36)45)42-28(22-7-3-2-4-8-22)20-25(38-42)26-11-6-12-30(44)41(26)21-29(43)37-24-10-5-9-23(19-24)32(33,34)35;/h2-12,19-20,27H,13-18,21H2,1H3,(H2,36,45)(H,37,43);1H. The van der Waals surface area contributed by atoms with Gasteiger partial charge in [-0.25, -0.2) is 0 Å². The minimum absolute atomic E-state index is 0. The van der Waals surface area contributed by atoms with Gasteiger partial charge < -0.3 is 20.9 Å². The molecule has 1 atom stereocenters. The molecule has 0 radical (unpaired) electrons. The van der Waals surface area contributed by atoms with E-state index in [1.807, 2.05) is 30.3 Å². The van der Waals surface area contributed by atoms with Gasteiger partial charge in [-0.05, 0) is 49.4 Å². The summed E-state index contributed by atoms with van der Waals surface area (Å²) >= 11 is 0. The van der Waals surface area contributed by atoms with E-state index in [0.29, 0.717) is 30.0 Å². The molecule has 5 rings (SSSR count). The lowest BCUT2D eigenvalue weighted by molar-refractivity contribution is -0.137. The molecule has 10 nitrogen and oxygen atoms in total. The number of likely N-dealkylation sites (N-methyl/N-ethyl adjacent to an activating group) is 1. The van der Waals surface area contributed by atoms with Crippen LogP contribution in [0.25, 0.3) is 22.6 Å². The highest BCUT2D eigenvalue weighted by molar-refractivity contribution is 5.91. The molecule has 1 fully saturated rings. The van der Waals surface area contributed by atoms with Crippen LogP contribution in [0.15, 0.2) is 83.7 Å². The van der Waals surface area contributed by atoms with Crippen LogP contribution in [0.5, 0.6) is 0 Å². The summed E-state index contributed by atoms with van der Waals surface area (Å²) in [6.07, 6.45) is -4.16. The number of carbonyl (C=O) groups excluding carboxylic acids is 2. The van der Waals surface area contributed by atoms with Crippen LogP contribution in [0.2, 0.25) is 0 Å². The van der Waals surface area contributed by atoms with Crippen LogP contribution < -0.4 is 16.6 Å². The molecule has 4 aromatic rings. The lowest BCUT2D eigenvalue weighted by Crippen LogP contribution is -2.45. The van der Waals surface area contributed by atoms with Crippen molar-refractivity contribution in [3.05, 3.63) is 94.8 Å². The zero-order chi connectivity index (χ0) is 32.1. The number of piperazine rings is 1. The number of carbonyl (C=O) groups is 2. The average Bonchev–Trinajstić information content (AvgIpc) is 3.44. The predicted octanol–water partition coefficient (Wildman–Crippen LogP) is 4.12. The number of primary amides is 1. The fraction of sp³-hybridized carbons (Fsp3) is 0.312. The Bertz CT molecular complexity index is 1720. The maximum Gasteiger partial charge on any atom is 0.416 e. The highest BCUT2D eigenvalue weighted by atomic mass is 35.5. The first-order valence-corrected chi connectivity index (χ1v) is 14.5. The van der Waals surface area contributed by atoms with Gasteiger partial charge in [0.1, 0.15) is 18.3 Å². The zero-order valence-electron chi connectivity index (χ0n) is 25.1. The first-order chi connectivity index (χ1) is 21.5. The molecule has 0 spiro atoms. The average molecular weight is 658 g/mol. The van der Waals surface area contributed by atoms with E-state index in [1.165, 1.54) is 28.8 Å². The number of rotatable bonds is 10. The van der Waals surface area contributed by atoms with E-state index in [4.69, 9.17) is 10.8 Å². The van der Waals surface area contributed by atoms with Crippen LogP contribution in [-0.2, 0) is 22.3 Å². The number of nitrogens with zero attached hydrogens (tertiary/aromatic N) is 5. The maximum atomic E-state index is 13.2. The molecule has 14 heteroatoms. The molecular formula is C32H35ClF3N7O3. The number of aromatic nitrogens is 3. The summed E-state index contributed by atoms with van der Waals surface area (Å²) in [6.45, 7) is 3.75. The molecule has 1 saturated heterocycles. The van der Waals surface area contributed by atoms with Crippen LogP contribution in [0.3, 0.4) is 0 Å². The second kappa shape index (κ2) is 14.8. The van der Waals surface area contributed by atoms with Crippen LogP contribution in [0.1, 0.15) is 18.0 Å². The molecule has 0 bridgehead atoms. The van der Waals surface area contributed by atoms with Crippen molar-refractivity contribution < 1.29 is 22.8 Å². The van der Waals surface area contributed by atoms with Gasteiger partial charge in [-0.1, -0.05) is 42.5 Å². The van der Waals surface area contributed by atoms with Crippen LogP contribution in [0.4, 0.5) is 18.9 Å². The lowest BCUT2D eigenvalue weighted by Gasteiger charge is -2.33. The third-order valence-electron chi connectivity index (χ3n) is 7.83. The van der Waals surface area contributed by atoms with Crippen molar-refractivity contribution in [2.75, 3.05) is 45.1 Å². The molecule has 1 aliphatic heterocycles. The number of anilines is 1. The summed E-state index contributed by atoms with van der Waals surface area (Å²) in [5.41, 5.74) is 6.44. The van der Waals surface area contributed by atoms with Gasteiger partial charge in [0.25, 0.3) is 5.56 Å². The van der Waals surface area contributed by atoms with Crippen molar-refractivity contribution in [2.24, 2.45) is 5.73 Å². The van der Waals surface area contributed by atoms with E-state index in [1.54, 1.807) is 16.8 Å². The number of amides is 2. The van der Waals surface area contributed by atoms with E-state index in [0.717, 1.165) is 43.9 Å². The Balaban J connectivity index is 0.00000480. The first kappa shape index (κ1) is 34.4. The third-order valence-corrected chi connectivity index (χ3v) is 7.83. The van der Waals surface area contributed by atoms with Gasteiger partial charge in [-0.3, -0.25) is 23.6 Å². The smallest absolute Gasteiger partial charge is 0.368 e. The topological polar surface area (TPSA) is 118 Å². The summed E-state index contributed by atoms with van der Waals surface area (Å²) in [4.78, 5) is 43.3. The number of alkyl halides is 3. The van der Waals surface area contributed by atoms with E-state index < -0.39 is 41.7 Å². The fourth-order valence-corrected chi connectivity index (χ4v) is 5.37. The van der Waals surface area contributed by atoms with Gasteiger partial charge >= 0.3 is 6.18 Å². The second-order valence-corrected chi connectivity index (χ2v) is 11.0. The maximum absolute atomic E-state index is 13.2. The lowest BCUT2D eigenvalue weighted by atomic mass is 10.1. The van der Waals surface area contributed by atoms with Crippen molar-refractivity contribution in [1.29, 1.82) is 0 Å². The van der Waals surface area contributed by atoms with Crippen molar-refractivity contribution >= 4 is 29.9 Å². The fourth-order valence-electron chi connectivity index (χ4n) is 5.37. The molecule has 0 aliphatic carbocycles.